The number of aliphatic hydroxyl groups excluding tert-OH is 1. The maximum atomic E-state index is 10.0. The molecule has 1 aliphatic carbocycles. The third kappa shape index (κ3) is 2.33. The number of hydrogen-bond donors (Lipinski definition) is 2. The van der Waals surface area contributed by atoms with Crippen molar-refractivity contribution in [3.8, 4) is 5.75 Å². The molecule has 1 fully saturated rings. The molecule has 0 radical (unpaired) electrons. The Hall–Kier alpha value is -0.730. The highest BCUT2D eigenvalue weighted by Gasteiger charge is 2.20. The first-order chi connectivity index (χ1) is 7.72. The van der Waals surface area contributed by atoms with Crippen LogP contribution in [0.1, 0.15) is 49.1 Å². The summed E-state index contributed by atoms with van der Waals surface area (Å²) in [7, 11) is 0. The summed E-state index contributed by atoms with van der Waals surface area (Å²) < 4.78 is 0. The normalized spacial score (nSPS) is 17.6. The fraction of sp³-hybridized carbons (Fsp3) is 0.538. The Bertz CT molecular complexity index is 370. The van der Waals surface area contributed by atoms with Crippen LogP contribution in [0.4, 0.5) is 0 Å². The van der Waals surface area contributed by atoms with Crippen molar-refractivity contribution in [3.05, 3.63) is 28.3 Å². The van der Waals surface area contributed by atoms with Gasteiger partial charge in [-0.1, -0.05) is 30.9 Å². The molecule has 2 nitrogen and oxygen atoms in total. The molecule has 2 rings (SSSR count). The Balaban J connectivity index is 2.34. The van der Waals surface area contributed by atoms with Gasteiger partial charge in [-0.2, -0.15) is 0 Å². The number of phenols is 1. The summed E-state index contributed by atoms with van der Waals surface area (Å²) in [5.41, 5.74) is 1.45. The highest BCUT2D eigenvalue weighted by molar-refractivity contribution is 6.30. The summed E-state index contributed by atoms with van der Waals surface area (Å²) >= 11 is 6.00. The van der Waals surface area contributed by atoms with E-state index < -0.39 is 0 Å². The smallest absolute Gasteiger partial charge is 0.124 e. The van der Waals surface area contributed by atoms with Crippen molar-refractivity contribution in [2.24, 2.45) is 0 Å². The van der Waals surface area contributed by atoms with Gasteiger partial charge in [-0.3, -0.25) is 0 Å². The van der Waals surface area contributed by atoms with Crippen LogP contribution < -0.4 is 0 Å². The van der Waals surface area contributed by atoms with Gasteiger partial charge in [0.1, 0.15) is 5.75 Å². The highest BCUT2D eigenvalue weighted by Crippen LogP contribution is 2.40. The first kappa shape index (κ1) is 11.7. The van der Waals surface area contributed by atoms with E-state index in [0.29, 0.717) is 16.5 Å². The maximum absolute atomic E-state index is 10.0. The zero-order chi connectivity index (χ0) is 11.5. The van der Waals surface area contributed by atoms with Gasteiger partial charge >= 0.3 is 0 Å². The van der Waals surface area contributed by atoms with Crippen molar-refractivity contribution in [2.75, 3.05) is 0 Å². The average molecular weight is 241 g/mol. The van der Waals surface area contributed by atoms with E-state index in [4.69, 9.17) is 16.7 Å². The van der Waals surface area contributed by atoms with Crippen LogP contribution in [0.3, 0.4) is 0 Å². The first-order valence-electron chi connectivity index (χ1n) is 5.84. The summed E-state index contributed by atoms with van der Waals surface area (Å²) in [5, 5.41) is 19.8. The lowest BCUT2D eigenvalue weighted by molar-refractivity contribution is 0.274. The lowest BCUT2D eigenvalue weighted by Crippen LogP contribution is -2.05. The summed E-state index contributed by atoms with van der Waals surface area (Å²) in [6.07, 6.45) is 5.93. The zero-order valence-electron chi connectivity index (χ0n) is 9.25. The first-order valence-corrected chi connectivity index (χ1v) is 6.22. The van der Waals surface area contributed by atoms with E-state index in [1.54, 1.807) is 6.07 Å². The molecule has 1 saturated carbocycles. The molecule has 0 amide bonds. The Morgan fingerprint density at radius 3 is 2.50 bits per heavy atom. The SMILES string of the molecule is OCc1cc(Cl)cc(C2CCCCC2)c1O. The van der Waals surface area contributed by atoms with Gasteiger partial charge < -0.3 is 10.2 Å². The van der Waals surface area contributed by atoms with Crippen molar-refractivity contribution in [1.29, 1.82) is 0 Å². The lowest BCUT2D eigenvalue weighted by atomic mass is 9.83. The predicted molar refractivity (Wildman–Crippen MR) is 64.9 cm³/mol. The van der Waals surface area contributed by atoms with Crippen LogP contribution >= 0.6 is 11.6 Å². The van der Waals surface area contributed by atoms with E-state index in [2.05, 4.69) is 0 Å². The molecule has 0 atom stereocenters. The fourth-order valence-corrected chi connectivity index (χ4v) is 2.77. The van der Waals surface area contributed by atoms with E-state index >= 15 is 0 Å². The standard InChI is InChI=1S/C13H17ClO2/c14-11-6-10(8-15)13(16)12(7-11)9-4-2-1-3-5-9/h6-7,9,15-16H,1-5,8H2. The molecule has 1 aromatic carbocycles. The van der Waals surface area contributed by atoms with Crippen LogP contribution in [0.2, 0.25) is 5.02 Å². The lowest BCUT2D eigenvalue weighted by Gasteiger charge is -2.23. The van der Waals surface area contributed by atoms with Crippen molar-refractivity contribution < 1.29 is 10.2 Å². The summed E-state index contributed by atoms with van der Waals surface area (Å²) in [4.78, 5) is 0. The molecule has 2 N–H and O–H groups in total. The number of rotatable bonds is 2. The second-order valence-corrected chi connectivity index (χ2v) is 4.93. The van der Waals surface area contributed by atoms with Crippen molar-refractivity contribution in [3.63, 3.8) is 0 Å². The highest BCUT2D eigenvalue weighted by atomic mass is 35.5. The van der Waals surface area contributed by atoms with Crippen LogP contribution in [-0.2, 0) is 6.61 Å². The van der Waals surface area contributed by atoms with Crippen molar-refractivity contribution in [1.82, 2.24) is 0 Å². The molecule has 0 saturated heterocycles. The van der Waals surface area contributed by atoms with Gasteiger partial charge in [0.15, 0.2) is 0 Å². The zero-order valence-corrected chi connectivity index (χ0v) is 10.0. The van der Waals surface area contributed by atoms with Gasteiger partial charge in [-0.25, -0.2) is 0 Å². The van der Waals surface area contributed by atoms with Crippen LogP contribution in [0.15, 0.2) is 12.1 Å². The van der Waals surface area contributed by atoms with Gasteiger partial charge in [0.05, 0.1) is 6.61 Å². The Morgan fingerprint density at radius 1 is 1.19 bits per heavy atom. The minimum atomic E-state index is -0.161. The minimum absolute atomic E-state index is 0.161. The number of aromatic hydroxyl groups is 1. The van der Waals surface area contributed by atoms with Gasteiger partial charge in [0.2, 0.25) is 0 Å². The monoisotopic (exact) mass is 240 g/mol. The predicted octanol–water partition coefficient (Wildman–Crippen LogP) is 3.59. The molecule has 1 aromatic rings. The number of aliphatic hydroxyl groups is 1. The number of hydrogen-bond acceptors (Lipinski definition) is 2. The maximum Gasteiger partial charge on any atom is 0.124 e. The van der Waals surface area contributed by atoms with E-state index in [9.17, 15) is 5.11 Å². The summed E-state index contributed by atoms with van der Waals surface area (Å²) in [6.45, 7) is -0.161. The Labute approximate surface area is 101 Å². The molecule has 0 aromatic heterocycles. The summed E-state index contributed by atoms with van der Waals surface area (Å²) in [5.74, 6) is 0.636. The molecule has 0 spiro atoms. The quantitative estimate of drug-likeness (QED) is 0.830. The summed E-state index contributed by atoms with van der Waals surface area (Å²) in [6, 6.07) is 3.47. The topological polar surface area (TPSA) is 40.5 Å². The molecule has 88 valence electrons. The van der Waals surface area contributed by atoms with E-state index in [1.165, 1.54) is 19.3 Å². The van der Waals surface area contributed by atoms with E-state index in [-0.39, 0.29) is 12.4 Å². The van der Waals surface area contributed by atoms with Gasteiger partial charge in [-0.15, -0.1) is 0 Å². The van der Waals surface area contributed by atoms with Crippen LogP contribution in [-0.4, -0.2) is 10.2 Å². The molecule has 0 bridgehead atoms. The molecule has 0 heterocycles. The van der Waals surface area contributed by atoms with Gasteiger partial charge in [-0.05, 0) is 36.5 Å². The van der Waals surface area contributed by atoms with Crippen LogP contribution in [0.5, 0.6) is 5.75 Å². The molecular weight excluding hydrogens is 224 g/mol. The van der Waals surface area contributed by atoms with Crippen LogP contribution in [0.25, 0.3) is 0 Å². The van der Waals surface area contributed by atoms with Gasteiger partial charge in [0, 0.05) is 10.6 Å². The Kier molecular flexibility index (Phi) is 3.72. The number of halogens is 1. The molecule has 0 unspecified atom stereocenters. The molecule has 1 aliphatic rings. The third-order valence-corrected chi connectivity index (χ3v) is 3.62. The van der Waals surface area contributed by atoms with Crippen molar-refractivity contribution >= 4 is 11.6 Å². The largest absolute Gasteiger partial charge is 0.507 e. The number of benzene rings is 1. The molecule has 3 heteroatoms. The minimum Gasteiger partial charge on any atom is -0.507 e. The molecule has 0 aliphatic heterocycles. The van der Waals surface area contributed by atoms with Crippen molar-refractivity contribution in [2.45, 2.75) is 44.6 Å². The second kappa shape index (κ2) is 5.07. The van der Waals surface area contributed by atoms with E-state index in [1.807, 2.05) is 6.07 Å². The van der Waals surface area contributed by atoms with Gasteiger partial charge in [0.25, 0.3) is 0 Å². The molecular formula is C13H17ClO2. The fourth-order valence-electron chi connectivity index (χ4n) is 2.52. The second-order valence-electron chi connectivity index (χ2n) is 4.50. The average Bonchev–Trinajstić information content (AvgIpc) is 2.33. The van der Waals surface area contributed by atoms with Crippen LogP contribution in [0, 0.1) is 0 Å². The Morgan fingerprint density at radius 2 is 1.88 bits per heavy atom. The third-order valence-electron chi connectivity index (χ3n) is 3.40. The van der Waals surface area contributed by atoms with E-state index in [0.717, 1.165) is 18.4 Å². The molecule has 16 heavy (non-hydrogen) atoms.